The predicted molar refractivity (Wildman–Crippen MR) is 84.9 cm³/mol. The van der Waals surface area contributed by atoms with Gasteiger partial charge in [-0.1, -0.05) is 23.8 Å². The van der Waals surface area contributed by atoms with Crippen LogP contribution in [0.5, 0.6) is 0 Å². The highest BCUT2D eigenvalue weighted by Gasteiger charge is 2.44. The highest BCUT2D eigenvalue weighted by Crippen LogP contribution is 2.23. The van der Waals surface area contributed by atoms with Crippen LogP contribution in [0.3, 0.4) is 0 Å². The summed E-state index contributed by atoms with van der Waals surface area (Å²) in [6.45, 7) is 2.82. The van der Waals surface area contributed by atoms with Gasteiger partial charge in [-0.05, 0) is 20.3 Å². The molecule has 0 aromatic carbocycles. The zero-order chi connectivity index (χ0) is 18.3. The summed E-state index contributed by atoms with van der Waals surface area (Å²) in [5.74, 6) is 0. The lowest BCUT2D eigenvalue weighted by Crippen LogP contribution is -2.59. The molecule has 8 nitrogen and oxygen atoms in total. The highest BCUT2D eigenvalue weighted by atomic mass is 16.7. The van der Waals surface area contributed by atoms with E-state index in [1.165, 1.54) is 6.08 Å². The Bertz CT molecular complexity index is 422. The lowest BCUT2D eigenvalue weighted by Gasteiger charge is -2.40. The molecule has 1 aliphatic rings. The molecule has 1 saturated heterocycles. The molecule has 8 heteroatoms. The normalized spacial score (nSPS) is 34.5. The van der Waals surface area contributed by atoms with Crippen molar-refractivity contribution in [2.45, 2.75) is 63.2 Å². The van der Waals surface area contributed by atoms with E-state index in [-0.39, 0.29) is 6.61 Å². The van der Waals surface area contributed by atoms with Gasteiger partial charge in [0.05, 0.1) is 25.4 Å². The van der Waals surface area contributed by atoms with Gasteiger partial charge in [-0.3, -0.25) is 0 Å². The van der Waals surface area contributed by atoms with Crippen molar-refractivity contribution in [3.05, 3.63) is 23.8 Å². The van der Waals surface area contributed by atoms with Gasteiger partial charge in [-0.2, -0.15) is 0 Å². The summed E-state index contributed by atoms with van der Waals surface area (Å²) in [5.41, 5.74) is 0.757. The first kappa shape index (κ1) is 21.2. The van der Waals surface area contributed by atoms with E-state index in [0.717, 1.165) is 5.57 Å². The number of ether oxygens (including phenoxy) is 2. The Morgan fingerprint density at radius 1 is 1.12 bits per heavy atom. The lowest BCUT2D eigenvalue weighted by atomic mass is 9.99. The molecule has 0 saturated carbocycles. The summed E-state index contributed by atoms with van der Waals surface area (Å²) in [5, 5.41) is 57.0. The van der Waals surface area contributed by atoms with Gasteiger partial charge in [-0.25, -0.2) is 0 Å². The summed E-state index contributed by atoms with van der Waals surface area (Å²) in [4.78, 5) is 0. The molecule has 7 atom stereocenters. The Labute approximate surface area is 141 Å². The first-order valence-corrected chi connectivity index (χ1v) is 7.89. The lowest BCUT2D eigenvalue weighted by molar-refractivity contribution is -0.306. The van der Waals surface area contributed by atoms with Gasteiger partial charge in [0.1, 0.15) is 24.4 Å². The third kappa shape index (κ3) is 6.23. The fourth-order valence-corrected chi connectivity index (χ4v) is 2.19. The van der Waals surface area contributed by atoms with Crippen molar-refractivity contribution in [2.75, 3.05) is 13.2 Å². The second-order valence-electron chi connectivity index (χ2n) is 5.94. The molecular weight excluding hydrogens is 320 g/mol. The Balaban J connectivity index is 2.54. The second-order valence-corrected chi connectivity index (χ2v) is 5.94. The minimum Gasteiger partial charge on any atom is -0.394 e. The largest absolute Gasteiger partial charge is 0.394 e. The van der Waals surface area contributed by atoms with Crippen molar-refractivity contribution >= 4 is 0 Å². The molecule has 1 heterocycles. The van der Waals surface area contributed by atoms with Gasteiger partial charge >= 0.3 is 0 Å². The van der Waals surface area contributed by atoms with Crippen LogP contribution in [0.2, 0.25) is 0 Å². The topological polar surface area (TPSA) is 140 Å². The molecule has 1 rings (SSSR count). The molecule has 1 fully saturated rings. The van der Waals surface area contributed by atoms with Crippen molar-refractivity contribution in [3.8, 4) is 0 Å². The van der Waals surface area contributed by atoms with Crippen LogP contribution in [0.4, 0.5) is 0 Å². The van der Waals surface area contributed by atoms with E-state index < -0.39 is 49.5 Å². The first-order chi connectivity index (χ1) is 11.3. The molecular formula is C16H28O8. The predicted octanol–water partition coefficient (Wildman–Crippen LogP) is -1.56. The van der Waals surface area contributed by atoms with E-state index in [2.05, 4.69) is 0 Å². The van der Waals surface area contributed by atoms with Gasteiger partial charge in [0.15, 0.2) is 6.29 Å². The van der Waals surface area contributed by atoms with E-state index in [0.29, 0.717) is 6.42 Å². The van der Waals surface area contributed by atoms with Crippen LogP contribution in [0.1, 0.15) is 20.3 Å². The maximum atomic E-state index is 9.87. The van der Waals surface area contributed by atoms with E-state index in [1.807, 2.05) is 0 Å². The minimum absolute atomic E-state index is 0.0624. The van der Waals surface area contributed by atoms with Gasteiger partial charge in [0.2, 0.25) is 0 Å². The van der Waals surface area contributed by atoms with Gasteiger partial charge in [0, 0.05) is 0 Å². The Morgan fingerprint density at radius 2 is 1.79 bits per heavy atom. The Morgan fingerprint density at radius 3 is 2.38 bits per heavy atom. The highest BCUT2D eigenvalue weighted by molar-refractivity contribution is 5.02. The van der Waals surface area contributed by atoms with Crippen LogP contribution in [-0.2, 0) is 9.47 Å². The maximum Gasteiger partial charge on any atom is 0.187 e. The third-order valence-electron chi connectivity index (χ3n) is 3.76. The number of hydrogen-bond acceptors (Lipinski definition) is 8. The van der Waals surface area contributed by atoms with Gasteiger partial charge in [0.25, 0.3) is 0 Å². The maximum absolute atomic E-state index is 9.87. The van der Waals surface area contributed by atoms with Crippen LogP contribution in [0.15, 0.2) is 23.8 Å². The van der Waals surface area contributed by atoms with Crippen molar-refractivity contribution in [1.29, 1.82) is 0 Å². The van der Waals surface area contributed by atoms with Crippen molar-refractivity contribution < 1.29 is 40.1 Å². The number of aliphatic hydroxyl groups is 6. The monoisotopic (exact) mass is 348 g/mol. The van der Waals surface area contributed by atoms with E-state index in [4.69, 9.17) is 19.7 Å². The zero-order valence-corrected chi connectivity index (χ0v) is 13.9. The Hall–Kier alpha value is -0.840. The van der Waals surface area contributed by atoms with E-state index in [1.54, 1.807) is 26.0 Å². The molecule has 0 radical (unpaired) electrons. The van der Waals surface area contributed by atoms with Crippen molar-refractivity contribution in [1.82, 2.24) is 0 Å². The van der Waals surface area contributed by atoms with Crippen LogP contribution >= 0.6 is 0 Å². The van der Waals surface area contributed by atoms with Crippen LogP contribution < -0.4 is 0 Å². The average Bonchev–Trinajstić information content (AvgIpc) is 2.58. The standard InChI is InChI=1S/C16H28O8/c1-9(7-17)3-5-11(19)6-4-10(2)23-16-15(22)14(21)13(20)12(8-18)24-16/h3-4,6,10-22H,5,7-8H2,1-2H3/b6-4+,9-3+/t10?,11-,12-,13-,14+,15-,16-/m1/s1. The van der Waals surface area contributed by atoms with Crippen LogP contribution in [0.25, 0.3) is 0 Å². The molecule has 0 amide bonds. The summed E-state index contributed by atoms with van der Waals surface area (Å²) in [7, 11) is 0. The van der Waals surface area contributed by atoms with Gasteiger partial charge < -0.3 is 40.1 Å². The molecule has 0 aliphatic carbocycles. The molecule has 0 spiro atoms. The van der Waals surface area contributed by atoms with Crippen LogP contribution in [0, 0.1) is 0 Å². The molecule has 1 unspecified atom stereocenters. The number of aliphatic hydroxyl groups excluding tert-OH is 6. The molecule has 1 aliphatic heterocycles. The van der Waals surface area contributed by atoms with E-state index >= 15 is 0 Å². The number of rotatable bonds is 8. The minimum atomic E-state index is -1.49. The quantitative estimate of drug-likeness (QED) is 0.289. The van der Waals surface area contributed by atoms with Gasteiger partial charge in [-0.15, -0.1) is 0 Å². The average molecular weight is 348 g/mol. The molecule has 24 heavy (non-hydrogen) atoms. The summed E-state index contributed by atoms with van der Waals surface area (Å²) < 4.78 is 10.7. The Kier molecular flexibility index (Phi) is 9.03. The summed E-state index contributed by atoms with van der Waals surface area (Å²) in [6, 6.07) is 0. The van der Waals surface area contributed by atoms with E-state index in [9.17, 15) is 20.4 Å². The SMILES string of the molecule is C/C(=C\C[C@@H](O)/C=C/C(C)O[C@@H]1O[C@H](CO)[C@@H](O)[C@H](O)[C@H]1O)CO. The third-order valence-corrected chi connectivity index (χ3v) is 3.76. The molecule has 6 N–H and O–H groups in total. The smallest absolute Gasteiger partial charge is 0.187 e. The van der Waals surface area contributed by atoms with Crippen LogP contribution in [-0.4, -0.2) is 86.8 Å². The fraction of sp³-hybridized carbons (Fsp3) is 0.750. The number of hydrogen-bond donors (Lipinski definition) is 6. The van der Waals surface area contributed by atoms with Crippen molar-refractivity contribution in [3.63, 3.8) is 0 Å². The van der Waals surface area contributed by atoms with Crippen molar-refractivity contribution in [2.24, 2.45) is 0 Å². The molecule has 0 aromatic heterocycles. The fourth-order valence-electron chi connectivity index (χ4n) is 2.19. The molecule has 0 aromatic rings. The summed E-state index contributed by atoms with van der Waals surface area (Å²) in [6.07, 6.45) is -2.79. The molecule has 0 bridgehead atoms. The summed E-state index contributed by atoms with van der Waals surface area (Å²) >= 11 is 0. The zero-order valence-electron chi connectivity index (χ0n) is 13.9. The first-order valence-electron chi connectivity index (χ1n) is 7.89. The molecule has 140 valence electrons. The second kappa shape index (κ2) is 10.2.